The van der Waals surface area contributed by atoms with E-state index in [9.17, 15) is 23.9 Å². The number of carboxylic acids is 1. The van der Waals surface area contributed by atoms with Gasteiger partial charge in [0.1, 0.15) is 11.5 Å². The molecule has 1 aromatic carbocycles. The Labute approximate surface area is 243 Å². The van der Waals surface area contributed by atoms with E-state index in [0.29, 0.717) is 49.9 Å². The summed E-state index contributed by atoms with van der Waals surface area (Å²) in [6.45, 7) is 8.38. The van der Waals surface area contributed by atoms with Gasteiger partial charge in [0.2, 0.25) is 0 Å². The number of ether oxygens (including phenoxy) is 2. The first-order valence-electron chi connectivity index (χ1n) is 15.6. The minimum atomic E-state index is -0.830. The zero-order valence-electron chi connectivity index (χ0n) is 25.3. The maximum atomic E-state index is 15.0. The van der Waals surface area contributed by atoms with Gasteiger partial charge in [-0.05, 0) is 88.0 Å². The number of hydrogen-bond acceptors (Lipinski definition) is 5. The van der Waals surface area contributed by atoms with Crippen molar-refractivity contribution in [3.05, 3.63) is 23.5 Å². The van der Waals surface area contributed by atoms with Crippen molar-refractivity contribution in [3.8, 4) is 11.5 Å². The minimum Gasteiger partial charge on any atom is -0.496 e. The molecule has 0 aliphatic heterocycles. The van der Waals surface area contributed by atoms with Crippen LogP contribution in [0.1, 0.15) is 109 Å². The van der Waals surface area contributed by atoms with Gasteiger partial charge in [-0.25, -0.2) is 4.39 Å². The van der Waals surface area contributed by atoms with E-state index in [-0.39, 0.29) is 46.8 Å². The molecule has 2 N–H and O–H groups in total. The Morgan fingerprint density at radius 3 is 2.34 bits per heavy atom. The summed E-state index contributed by atoms with van der Waals surface area (Å²) in [4.78, 5) is 38.7. The van der Waals surface area contributed by atoms with Crippen LogP contribution >= 0.6 is 0 Å². The van der Waals surface area contributed by atoms with E-state index in [1.165, 1.54) is 13.2 Å². The normalized spacial score (nSPS) is 29.8. The lowest BCUT2D eigenvalue weighted by atomic mass is 9.75. The highest BCUT2D eigenvalue weighted by atomic mass is 19.1. The lowest BCUT2D eigenvalue weighted by Crippen LogP contribution is -2.47. The zero-order valence-corrected chi connectivity index (χ0v) is 25.3. The topological polar surface area (TPSA) is 102 Å². The lowest BCUT2D eigenvalue weighted by molar-refractivity contribution is -0.150. The third kappa shape index (κ3) is 6.72. The Morgan fingerprint density at radius 1 is 1.07 bits per heavy atom. The smallest absolute Gasteiger partial charge is 0.309 e. The number of aliphatic carboxylic acids is 1. The van der Waals surface area contributed by atoms with Crippen LogP contribution in [-0.4, -0.2) is 42.0 Å². The number of carboxylic acid groups (broad SMARTS) is 1. The molecule has 1 amide bonds. The summed E-state index contributed by atoms with van der Waals surface area (Å²) in [5.41, 5.74) is -0.629. The van der Waals surface area contributed by atoms with Crippen molar-refractivity contribution in [2.45, 2.75) is 110 Å². The second-order valence-electron chi connectivity index (χ2n) is 13.1. The van der Waals surface area contributed by atoms with E-state index < -0.39 is 23.1 Å². The van der Waals surface area contributed by atoms with E-state index in [0.717, 1.165) is 44.6 Å². The predicted molar refractivity (Wildman–Crippen MR) is 155 cm³/mol. The molecule has 0 saturated heterocycles. The molecule has 5 atom stereocenters. The van der Waals surface area contributed by atoms with Crippen LogP contribution in [0.3, 0.4) is 0 Å². The average Bonchev–Trinajstić information content (AvgIpc) is 3.56. The molecule has 228 valence electrons. The van der Waals surface area contributed by atoms with Gasteiger partial charge in [0.15, 0.2) is 11.6 Å². The standard InChI is InChI=1S/C33H48FNO6/c1-6-20(7-2)19(3)8-11-26(36)29-21-9-10-22(16-21)30(29)35-31(37)24-17-28(25(34)18-27(24)40-5)41-23-12-14-33(4,15-13-23)32(38)39/h17-23,29-30H,6-16H2,1-5H3,(H,35,37)(H,38,39)/t19-,21-,22+,23-,29-,30-,33+/m1/s1. The molecule has 3 aliphatic rings. The van der Waals surface area contributed by atoms with Crippen molar-refractivity contribution in [1.29, 1.82) is 0 Å². The number of Topliss-reactive ketones (excluding diaryl/α,β-unsaturated/α-hetero) is 1. The fraction of sp³-hybridized carbons (Fsp3) is 0.727. The summed E-state index contributed by atoms with van der Waals surface area (Å²) in [6.07, 6.45) is 8.13. The summed E-state index contributed by atoms with van der Waals surface area (Å²) < 4.78 is 26.3. The molecule has 0 spiro atoms. The number of carbonyl (C=O) groups excluding carboxylic acids is 2. The van der Waals surface area contributed by atoms with Crippen molar-refractivity contribution in [2.75, 3.05) is 7.11 Å². The monoisotopic (exact) mass is 573 g/mol. The number of carbonyl (C=O) groups is 3. The van der Waals surface area contributed by atoms with E-state index in [4.69, 9.17) is 9.47 Å². The number of rotatable bonds is 13. The van der Waals surface area contributed by atoms with E-state index in [1.807, 2.05) is 0 Å². The van der Waals surface area contributed by atoms with Gasteiger partial charge in [0.25, 0.3) is 5.91 Å². The van der Waals surface area contributed by atoms with Gasteiger partial charge >= 0.3 is 5.97 Å². The quantitative estimate of drug-likeness (QED) is 0.269. The highest BCUT2D eigenvalue weighted by Crippen LogP contribution is 2.49. The Morgan fingerprint density at radius 2 is 1.73 bits per heavy atom. The average molecular weight is 574 g/mol. The van der Waals surface area contributed by atoms with Crippen molar-refractivity contribution < 1.29 is 33.4 Å². The van der Waals surface area contributed by atoms with Crippen LogP contribution in [0.5, 0.6) is 11.5 Å². The first-order valence-corrected chi connectivity index (χ1v) is 15.6. The van der Waals surface area contributed by atoms with E-state index in [2.05, 4.69) is 26.1 Å². The van der Waals surface area contributed by atoms with Crippen molar-refractivity contribution in [1.82, 2.24) is 5.32 Å². The third-order valence-corrected chi connectivity index (χ3v) is 10.6. The van der Waals surface area contributed by atoms with Gasteiger partial charge in [-0.1, -0.05) is 33.6 Å². The second-order valence-corrected chi connectivity index (χ2v) is 13.1. The summed E-state index contributed by atoms with van der Waals surface area (Å²) in [7, 11) is 1.39. The number of nitrogens with one attached hydrogen (secondary N) is 1. The van der Waals surface area contributed by atoms with Crippen LogP contribution in [0.15, 0.2) is 12.1 Å². The van der Waals surface area contributed by atoms with Crippen LogP contribution in [-0.2, 0) is 9.59 Å². The van der Waals surface area contributed by atoms with Gasteiger partial charge < -0.3 is 19.9 Å². The molecule has 7 nitrogen and oxygen atoms in total. The highest BCUT2D eigenvalue weighted by molar-refractivity contribution is 5.98. The molecule has 3 saturated carbocycles. The van der Waals surface area contributed by atoms with E-state index >= 15 is 0 Å². The summed E-state index contributed by atoms with van der Waals surface area (Å²) in [5.74, 6) is -0.0422. The number of halogens is 1. The lowest BCUT2D eigenvalue weighted by Gasteiger charge is -2.34. The number of fused-ring (bicyclic) bond motifs is 2. The molecule has 8 heteroatoms. The Balaban J connectivity index is 1.45. The Hall–Kier alpha value is -2.64. The Bertz CT molecular complexity index is 1110. The summed E-state index contributed by atoms with van der Waals surface area (Å²) in [6, 6.07) is 2.32. The van der Waals surface area contributed by atoms with Crippen molar-refractivity contribution in [3.63, 3.8) is 0 Å². The van der Waals surface area contributed by atoms with Gasteiger partial charge in [-0.2, -0.15) is 0 Å². The van der Waals surface area contributed by atoms with E-state index in [1.54, 1.807) is 6.92 Å². The number of benzene rings is 1. The maximum Gasteiger partial charge on any atom is 0.309 e. The minimum absolute atomic E-state index is 0.0455. The molecule has 0 radical (unpaired) electrons. The fourth-order valence-electron chi connectivity index (χ4n) is 7.77. The van der Waals surface area contributed by atoms with Crippen LogP contribution < -0.4 is 14.8 Å². The summed E-state index contributed by atoms with van der Waals surface area (Å²) >= 11 is 0. The van der Waals surface area contributed by atoms with Gasteiger partial charge in [-0.3, -0.25) is 14.4 Å². The molecule has 1 aromatic rings. The number of amides is 1. The molecule has 3 fully saturated rings. The van der Waals surface area contributed by atoms with Crippen LogP contribution in [0.4, 0.5) is 4.39 Å². The first kappa shape index (κ1) is 31.3. The number of hydrogen-bond donors (Lipinski definition) is 2. The molecule has 3 aliphatic carbocycles. The van der Waals surface area contributed by atoms with Crippen molar-refractivity contribution in [2.24, 2.45) is 35.0 Å². The molecule has 0 aromatic heterocycles. The number of ketones is 1. The molecular weight excluding hydrogens is 525 g/mol. The predicted octanol–water partition coefficient (Wildman–Crippen LogP) is 6.81. The zero-order chi connectivity index (χ0) is 29.9. The van der Waals surface area contributed by atoms with Crippen LogP contribution in [0, 0.1) is 40.8 Å². The first-order chi connectivity index (χ1) is 19.5. The molecule has 2 bridgehead atoms. The fourth-order valence-corrected chi connectivity index (χ4v) is 7.77. The third-order valence-electron chi connectivity index (χ3n) is 10.6. The highest BCUT2D eigenvalue weighted by Gasteiger charge is 2.51. The maximum absolute atomic E-state index is 15.0. The van der Waals surface area contributed by atoms with Crippen LogP contribution in [0.25, 0.3) is 0 Å². The largest absolute Gasteiger partial charge is 0.496 e. The van der Waals surface area contributed by atoms with Gasteiger partial charge in [0.05, 0.1) is 24.2 Å². The molecule has 41 heavy (non-hydrogen) atoms. The van der Waals surface area contributed by atoms with Gasteiger partial charge in [-0.15, -0.1) is 0 Å². The SMILES string of the molecule is CCC(CC)[C@H](C)CCC(=O)[C@H]1[C@@H]2CC[C@@H](C2)[C@H]1NC(=O)c1cc(O[C@H]2CC[C@@](C)(C(=O)O)CC2)c(F)cc1OC. The molecule has 0 unspecified atom stereocenters. The number of methoxy groups -OCH3 is 1. The summed E-state index contributed by atoms with van der Waals surface area (Å²) in [5, 5.41) is 12.7. The molecule has 0 heterocycles. The molecule has 4 rings (SSSR count). The van der Waals surface area contributed by atoms with Crippen LogP contribution in [0.2, 0.25) is 0 Å². The molecular formula is C33H48FNO6. The van der Waals surface area contributed by atoms with Gasteiger partial charge in [0, 0.05) is 24.4 Å². The van der Waals surface area contributed by atoms with Crippen molar-refractivity contribution >= 4 is 17.7 Å². The second kappa shape index (κ2) is 13.1. The Kier molecular flexibility index (Phi) is 10.0.